The zero-order valence-corrected chi connectivity index (χ0v) is 12.3. The third-order valence-corrected chi connectivity index (χ3v) is 3.37. The minimum atomic E-state index is -0.401. The molecular weight excluding hydrogens is 302 g/mol. The molecule has 0 aliphatic heterocycles. The molecule has 4 rings (SSSR count). The molecule has 10 nitrogen and oxygen atoms in total. The van der Waals surface area contributed by atoms with E-state index >= 15 is 0 Å². The van der Waals surface area contributed by atoms with E-state index in [1.54, 1.807) is 30.1 Å². The van der Waals surface area contributed by atoms with E-state index in [0.29, 0.717) is 34.2 Å². The number of aromatic nitrogens is 7. The Morgan fingerprint density at radius 2 is 2.22 bits per heavy atom. The minimum absolute atomic E-state index is 0.00770. The molecule has 0 radical (unpaired) electrons. The van der Waals surface area contributed by atoms with Crippen molar-refractivity contribution < 1.29 is 13.9 Å². The molecule has 0 saturated heterocycles. The molecule has 0 aliphatic rings. The van der Waals surface area contributed by atoms with Crippen molar-refractivity contribution >= 4 is 22.9 Å². The number of carbonyl (C=O) groups excluding carboxylic acids is 1. The number of aryl methyl sites for hydroxylation is 1. The highest BCUT2D eigenvalue weighted by Gasteiger charge is 2.20. The van der Waals surface area contributed by atoms with Gasteiger partial charge in [0.15, 0.2) is 16.9 Å². The molecule has 23 heavy (non-hydrogen) atoms. The summed E-state index contributed by atoms with van der Waals surface area (Å²) < 4.78 is 13.1. The van der Waals surface area contributed by atoms with Crippen molar-refractivity contribution in [3.05, 3.63) is 24.1 Å². The first-order valence-corrected chi connectivity index (χ1v) is 6.73. The van der Waals surface area contributed by atoms with E-state index in [1.807, 2.05) is 0 Å². The van der Waals surface area contributed by atoms with Gasteiger partial charge in [0.2, 0.25) is 5.82 Å². The molecular formula is C13H11N7O3. The van der Waals surface area contributed by atoms with Crippen molar-refractivity contribution in [2.75, 3.05) is 7.11 Å². The Labute approximate surface area is 128 Å². The molecule has 0 spiro atoms. The lowest BCUT2D eigenvalue weighted by Crippen LogP contribution is -2.06. The lowest BCUT2D eigenvalue weighted by Gasteiger charge is -1.95. The van der Waals surface area contributed by atoms with E-state index in [2.05, 4.69) is 30.1 Å². The second-order valence-electron chi connectivity index (χ2n) is 4.82. The molecule has 4 heterocycles. The van der Waals surface area contributed by atoms with Crippen molar-refractivity contribution in [3.63, 3.8) is 0 Å². The number of carbonyl (C=O) groups is 1. The maximum Gasteiger partial charge on any atom is 0.311 e. The topological polar surface area (TPSA) is 113 Å². The van der Waals surface area contributed by atoms with Crippen LogP contribution in [-0.4, -0.2) is 47.7 Å². The smallest absolute Gasteiger partial charge is 0.311 e. The standard InChI is InChI=1S/C13H11N7O3/c1-19-12-10(7(17-19)6-9(21)22-2)15-16-13-14-11(18-20(12)13)8-4-3-5-23-8/h3-5H,6H2,1-2H3. The van der Waals surface area contributed by atoms with Gasteiger partial charge in [0.1, 0.15) is 5.69 Å². The van der Waals surface area contributed by atoms with E-state index in [9.17, 15) is 4.79 Å². The summed E-state index contributed by atoms with van der Waals surface area (Å²) in [6, 6.07) is 3.51. The maximum atomic E-state index is 11.5. The number of esters is 1. The van der Waals surface area contributed by atoms with Crippen LogP contribution in [0, 0.1) is 0 Å². The summed E-state index contributed by atoms with van der Waals surface area (Å²) in [7, 11) is 3.06. The van der Waals surface area contributed by atoms with Gasteiger partial charge < -0.3 is 9.15 Å². The van der Waals surface area contributed by atoms with E-state index in [4.69, 9.17) is 4.42 Å². The van der Waals surface area contributed by atoms with Crippen LogP contribution in [0.25, 0.3) is 28.5 Å². The third-order valence-electron chi connectivity index (χ3n) is 3.37. The molecule has 0 aromatic carbocycles. The molecule has 0 amide bonds. The van der Waals surface area contributed by atoms with Gasteiger partial charge in [0.25, 0.3) is 5.78 Å². The predicted octanol–water partition coefficient (Wildman–Crippen LogP) is 0.381. The largest absolute Gasteiger partial charge is 0.469 e. The Morgan fingerprint density at radius 1 is 1.35 bits per heavy atom. The third kappa shape index (κ3) is 2.03. The average Bonchev–Trinajstić information content (AvgIpc) is 3.25. The zero-order valence-electron chi connectivity index (χ0n) is 12.3. The van der Waals surface area contributed by atoms with Crippen molar-refractivity contribution in [2.45, 2.75) is 6.42 Å². The van der Waals surface area contributed by atoms with Crippen molar-refractivity contribution in [1.82, 2.24) is 34.6 Å². The van der Waals surface area contributed by atoms with E-state index < -0.39 is 5.97 Å². The fourth-order valence-electron chi connectivity index (χ4n) is 2.34. The van der Waals surface area contributed by atoms with Crippen LogP contribution < -0.4 is 0 Å². The Kier molecular flexibility index (Phi) is 2.83. The molecule has 0 atom stereocenters. The summed E-state index contributed by atoms with van der Waals surface area (Å²) >= 11 is 0. The molecule has 0 saturated carbocycles. The molecule has 116 valence electrons. The highest BCUT2D eigenvalue weighted by atomic mass is 16.5. The normalized spacial score (nSPS) is 11.4. The van der Waals surface area contributed by atoms with Crippen molar-refractivity contribution in [2.24, 2.45) is 7.05 Å². The number of ether oxygens (including phenoxy) is 1. The van der Waals surface area contributed by atoms with Gasteiger partial charge in [-0.15, -0.1) is 15.3 Å². The van der Waals surface area contributed by atoms with Crippen LogP contribution in [0.4, 0.5) is 0 Å². The van der Waals surface area contributed by atoms with E-state index in [0.717, 1.165) is 0 Å². The monoisotopic (exact) mass is 313 g/mol. The zero-order chi connectivity index (χ0) is 16.0. The summed E-state index contributed by atoms with van der Waals surface area (Å²) in [5.74, 6) is 0.839. The van der Waals surface area contributed by atoms with Gasteiger partial charge in [-0.2, -0.15) is 14.6 Å². The van der Waals surface area contributed by atoms with E-state index in [-0.39, 0.29) is 6.42 Å². The molecule has 0 bridgehead atoms. The van der Waals surface area contributed by atoms with Gasteiger partial charge in [-0.25, -0.2) is 4.68 Å². The van der Waals surface area contributed by atoms with Crippen molar-refractivity contribution in [3.8, 4) is 11.6 Å². The minimum Gasteiger partial charge on any atom is -0.469 e. The Bertz CT molecular complexity index is 1020. The second kappa shape index (κ2) is 4.87. The number of hydrogen-bond acceptors (Lipinski definition) is 8. The fraction of sp³-hybridized carbons (Fsp3) is 0.231. The number of rotatable bonds is 3. The van der Waals surface area contributed by atoms with Crippen LogP contribution in [-0.2, 0) is 23.0 Å². The molecule has 0 aliphatic carbocycles. The lowest BCUT2D eigenvalue weighted by molar-refractivity contribution is -0.139. The Balaban J connectivity index is 1.93. The number of fused-ring (bicyclic) bond motifs is 3. The summed E-state index contributed by atoms with van der Waals surface area (Å²) in [5, 5.41) is 16.8. The summed E-state index contributed by atoms with van der Waals surface area (Å²) in [6.45, 7) is 0. The van der Waals surface area contributed by atoms with Gasteiger partial charge in [0.05, 0.1) is 19.8 Å². The number of hydrogen-bond donors (Lipinski definition) is 0. The molecule has 0 unspecified atom stereocenters. The molecule has 0 N–H and O–H groups in total. The first kappa shape index (κ1) is 13.4. The van der Waals surface area contributed by atoms with Gasteiger partial charge in [-0.3, -0.25) is 4.79 Å². The number of furan rings is 1. The predicted molar refractivity (Wildman–Crippen MR) is 76.3 cm³/mol. The van der Waals surface area contributed by atoms with Crippen LogP contribution in [0.15, 0.2) is 22.8 Å². The molecule has 10 heteroatoms. The SMILES string of the molecule is COC(=O)Cc1nn(C)c2c1nnc1nc(-c3ccco3)nn12. The van der Waals surface area contributed by atoms with Crippen LogP contribution in [0.1, 0.15) is 5.69 Å². The summed E-state index contributed by atoms with van der Waals surface area (Å²) in [5.41, 5.74) is 1.53. The first-order chi connectivity index (χ1) is 11.2. The van der Waals surface area contributed by atoms with Gasteiger partial charge in [-0.1, -0.05) is 0 Å². The lowest BCUT2D eigenvalue weighted by atomic mass is 10.3. The number of methoxy groups -OCH3 is 1. The second-order valence-corrected chi connectivity index (χ2v) is 4.82. The maximum absolute atomic E-state index is 11.5. The Morgan fingerprint density at radius 3 is 2.96 bits per heavy atom. The van der Waals surface area contributed by atoms with Crippen LogP contribution in [0.3, 0.4) is 0 Å². The quantitative estimate of drug-likeness (QED) is 0.499. The average molecular weight is 313 g/mol. The fourth-order valence-corrected chi connectivity index (χ4v) is 2.34. The summed E-state index contributed by atoms with van der Waals surface area (Å²) in [6.07, 6.45) is 1.55. The van der Waals surface area contributed by atoms with E-state index in [1.165, 1.54) is 11.6 Å². The first-order valence-electron chi connectivity index (χ1n) is 6.73. The highest BCUT2D eigenvalue weighted by Crippen LogP contribution is 2.20. The number of nitrogens with zero attached hydrogens (tertiary/aromatic N) is 7. The van der Waals surface area contributed by atoms with Crippen LogP contribution in [0.5, 0.6) is 0 Å². The molecule has 4 aromatic heterocycles. The molecule has 4 aromatic rings. The van der Waals surface area contributed by atoms with Gasteiger partial charge >= 0.3 is 5.97 Å². The Hall–Kier alpha value is -3.30. The van der Waals surface area contributed by atoms with Gasteiger partial charge in [0, 0.05) is 7.05 Å². The van der Waals surface area contributed by atoms with Crippen LogP contribution in [0.2, 0.25) is 0 Å². The van der Waals surface area contributed by atoms with Crippen LogP contribution >= 0.6 is 0 Å². The van der Waals surface area contributed by atoms with Crippen molar-refractivity contribution in [1.29, 1.82) is 0 Å². The summed E-state index contributed by atoms with van der Waals surface area (Å²) in [4.78, 5) is 15.8. The highest BCUT2D eigenvalue weighted by molar-refractivity contribution is 5.81. The van der Waals surface area contributed by atoms with Gasteiger partial charge in [-0.05, 0) is 12.1 Å². The molecule has 0 fully saturated rings.